The van der Waals surface area contributed by atoms with Gasteiger partial charge in [0.2, 0.25) is 5.91 Å². The second kappa shape index (κ2) is 5.89. The minimum atomic E-state index is 0.0631. The second-order valence-corrected chi connectivity index (χ2v) is 4.74. The predicted molar refractivity (Wildman–Crippen MR) is 70.9 cm³/mol. The molecule has 0 saturated carbocycles. The van der Waals surface area contributed by atoms with Crippen molar-refractivity contribution in [3.05, 3.63) is 28.8 Å². The third kappa shape index (κ3) is 4.24. The maximum atomic E-state index is 11.5. The first-order valence-corrected chi connectivity index (χ1v) is 5.70. The monoisotopic (exact) mass is 255 g/mol. The first-order chi connectivity index (χ1) is 7.90. The van der Waals surface area contributed by atoms with Gasteiger partial charge in [0.15, 0.2) is 0 Å². The standard InChI is InChI=1S/C12H18ClN3O/c1-15(2)12(17)8-16(3)7-9-6-10(13)4-5-11(9)14/h4-6H,7-8,14H2,1-3H3. The summed E-state index contributed by atoms with van der Waals surface area (Å²) < 4.78 is 0. The van der Waals surface area contributed by atoms with Gasteiger partial charge in [0.1, 0.15) is 0 Å². The van der Waals surface area contributed by atoms with E-state index < -0.39 is 0 Å². The summed E-state index contributed by atoms with van der Waals surface area (Å²) in [4.78, 5) is 15.0. The Hall–Kier alpha value is -1.26. The van der Waals surface area contributed by atoms with Crippen LogP contribution in [0.5, 0.6) is 0 Å². The van der Waals surface area contributed by atoms with Crippen molar-refractivity contribution in [1.29, 1.82) is 0 Å². The van der Waals surface area contributed by atoms with E-state index in [4.69, 9.17) is 17.3 Å². The Bertz CT molecular complexity index is 407. The van der Waals surface area contributed by atoms with Crippen LogP contribution in [0.3, 0.4) is 0 Å². The van der Waals surface area contributed by atoms with Crippen molar-refractivity contribution in [1.82, 2.24) is 9.80 Å². The number of hydrogen-bond donors (Lipinski definition) is 1. The first kappa shape index (κ1) is 13.8. The molecule has 0 aromatic heterocycles. The fraction of sp³-hybridized carbons (Fsp3) is 0.417. The van der Waals surface area contributed by atoms with E-state index in [-0.39, 0.29) is 5.91 Å². The molecule has 1 aromatic rings. The predicted octanol–water partition coefficient (Wildman–Crippen LogP) is 1.44. The number of nitrogens with zero attached hydrogens (tertiary/aromatic N) is 2. The number of carbonyl (C=O) groups excluding carboxylic acids is 1. The Morgan fingerprint density at radius 2 is 2.00 bits per heavy atom. The molecule has 17 heavy (non-hydrogen) atoms. The minimum Gasteiger partial charge on any atom is -0.398 e. The van der Waals surface area contributed by atoms with E-state index in [1.54, 1.807) is 31.1 Å². The molecule has 0 aliphatic carbocycles. The van der Waals surface area contributed by atoms with Crippen LogP contribution < -0.4 is 5.73 Å². The molecule has 2 N–H and O–H groups in total. The van der Waals surface area contributed by atoms with E-state index in [1.165, 1.54) is 0 Å². The molecule has 0 aliphatic heterocycles. The molecular weight excluding hydrogens is 238 g/mol. The number of carbonyl (C=O) groups is 1. The Labute approximate surface area is 107 Å². The van der Waals surface area contributed by atoms with Crippen LogP contribution >= 0.6 is 11.6 Å². The Morgan fingerprint density at radius 1 is 1.35 bits per heavy atom. The maximum absolute atomic E-state index is 11.5. The Kier molecular flexibility index (Phi) is 4.78. The highest BCUT2D eigenvalue weighted by Gasteiger charge is 2.10. The number of rotatable bonds is 4. The highest BCUT2D eigenvalue weighted by molar-refractivity contribution is 6.30. The quantitative estimate of drug-likeness (QED) is 0.829. The number of amides is 1. The summed E-state index contributed by atoms with van der Waals surface area (Å²) in [7, 11) is 5.36. The van der Waals surface area contributed by atoms with Crippen molar-refractivity contribution in [2.45, 2.75) is 6.54 Å². The zero-order chi connectivity index (χ0) is 13.0. The number of halogens is 1. The van der Waals surface area contributed by atoms with Crippen molar-refractivity contribution in [3.8, 4) is 0 Å². The van der Waals surface area contributed by atoms with Crippen LogP contribution in [-0.4, -0.2) is 43.4 Å². The highest BCUT2D eigenvalue weighted by atomic mass is 35.5. The third-order valence-corrected chi connectivity index (χ3v) is 2.68. The van der Waals surface area contributed by atoms with Gasteiger partial charge in [-0.05, 0) is 30.8 Å². The van der Waals surface area contributed by atoms with Crippen LogP contribution in [0.25, 0.3) is 0 Å². The zero-order valence-corrected chi connectivity index (χ0v) is 11.2. The summed E-state index contributed by atoms with van der Waals surface area (Å²) in [5, 5.41) is 0.654. The van der Waals surface area contributed by atoms with Gasteiger partial charge >= 0.3 is 0 Å². The van der Waals surface area contributed by atoms with Crippen molar-refractivity contribution in [3.63, 3.8) is 0 Å². The topological polar surface area (TPSA) is 49.6 Å². The van der Waals surface area contributed by atoms with E-state index in [0.717, 1.165) is 5.56 Å². The van der Waals surface area contributed by atoms with Crippen molar-refractivity contribution >= 4 is 23.2 Å². The van der Waals surface area contributed by atoms with E-state index in [2.05, 4.69) is 0 Å². The van der Waals surface area contributed by atoms with Crippen molar-refractivity contribution < 1.29 is 4.79 Å². The molecule has 0 radical (unpaired) electrons. The van der Waals surface area contributed by atoms with Crippen LogP contribution in [0, 0.1) is 0 Å². The number of likely N-dealkylation sites (N-methyl/N-ethyl adjacent to an activating group) is 2. The molecule has 5 heteroatoms. The normalized spacial score (nSPS) is 10.6. The number of nitrogens with two attached hydrogens (primary N) is 1. The molecule has 0 heterocycles. The molecular formula is C12H18ClN3O. The molecule has 0 aliphatic rings. The van der Waals surface area contributed by atoms with Crippen LogP contribution in [0.2, 0.25) is 5.02 Å². The minimum absolute atomic E-state index is 0.0631. The lowest BCUT2D eigenvalue weighted by Crippen LogP contribution is -2.34. The SMILES string of the molecule is CN(CC(=O)N(C)C)Cc1cc(Cl)ccc1N. The maximum Gasteiger partial charge on any atom is 0.236 e. The number of hydrogen-bond acceptors (Lipinski definition) is 3. The van der Waals surface area contributed by atoms with Crippen LogP contribution in [0.1, 0.15) is 5.56 Å². The summed E-state index contributed by atoms with van der Waals surface area (Å²) in [6, 6.07) is 5.36. The summed E-state index contributed by atoms with van der Waals surface area (Å²) in [5.74, 6) is 0.0631. The molecule has 0 atom stereocenters. The van der Waals surface area contributed by atoms with Gasteiger partial charge in [0.05, 0.1) is 6.54 Å². The van der Waals surface area contributed by atoms with Gasteiger partial charge in [-0.25, -0.2) is 0 Å². The van der Waals surface area contributed by atoms with E-state index >= 15 is 0 Å². The molecule has 1 amide bonds. The molecule has 0 fully saturated rings. The Morgan fingerprint density at radius 3 is 2.59 bits per heavy atom. The molecule has 0 unspecified atom stereocenters. The van der Waals surface area contributed by atoms with Gasteiger partial charge in [-0.2, -0.15) is 0 Å². The molecule has 0 saturated heterocycles. The lowest BCUT2D eigenvalue weighted by molar-refractivity contribution is -0.129. The summed E-state index contributed by atoms with van der Waals surface area (Å²) >= 11 is 5.91. The summed E-state index contributed by atoms with van der Waals surface area (Å²) in [5.41, 5.74) is 7.48. The average molecular weight is 256 g/mol. The fourth-order valence-corrected chi connectivity index (χ4v) is 1.62. The van der Waals surface area contributed by atoms with Gasteiger partial charge in [0.25, 0.3) is 0 Å². The lowest BCUT2D eigenvalue weighted by atomic mass is 10.1. The van der Waals surface area contributed by atoms with Gasteiger partial charge in [-0.1, -0.05) is 11.6 Å². The summed E-state index contributed by atoms with van der Waals surface area (Å²) in [6.45, 7) is 0.963. The smallest absolute Gasteiger partial charge is 0.236 e. The largest absolute Gasteiger partial charge is 0.398 e. The fourth-order valence-electron chi connectivity index (χ4n) is 1.43. The van der Waals surface area contributed by atoms with Crippen molar-refractivity contribution in [2.24, 2.45) is 0 Å². The second-order valence-electron chi connectivity index (χ2n) is 4.30. The van der Waals surface area contributed by atoms with Gasteiger partial charge < -0.3 is 10.6 Å². The first-order valence-electron chi connectivity index (χ1n) is 5.32. The van der Waals surface area contributed by atoms with E-state index in [9.17, 15) is 4.79 Å². The lowest BCUT2D eigenvalue weighted by Gasteiger charge is -2.19. The van der Waals surface area contributed by atoms with Gasteiger partial charge in [0, 0.05) is 31.4 Å². The molecule has 94 valence electrons. The molecule has 1 rings (SSSR count). The van der Waals surface area contributed by atoms with Crippen molar-refractivity contribution in [2.75, 3.05) is 33.4 Å². The molecule has 1 aromatic carbocycles. The summed E-state index contributed by atoms with van der Waals surface area (Å²) in [6.07, 6.45) is 0. The third-order valence-electron chi connectivity index (χ3n) is 2.45. The average Bonchev–Trinajstić information content (AvgIpc) is 2.23. The van der Waals surface area contributed by atoms with Crippen LogP contribution in [0.15, 0.2) is 18.2 Å². The molecule has 0 spiro atoms. The zero-order valence-electron chi connectivity index (χ0n) is 10.4. The van der Waals surface area contributed by atoms with E-state index in [0.29, 0.717) is 23.8 Å². The van der Waals surface area contributed by atoms with Gasteiger partial charge in [-0.3, -0.25) is 9.69 Å². The molecule has 0 bridgehead atoms. The number of nitrogen functional groups attached to an aromatic ring is 1. The number of benzene rings is 1. The Balaban J connectivity index is 2.64. The number of anilines is 1. The van der Waals surface area contributed by atoms with E-state index in [1.807, 2.05) is 18.0 Å². The molecule has 4 nitrogen and oxygen atoms in total. The van der Waals surface area contributed by atoms with Crippen LogP contribution in [-0.2, 0) is 11.3 Å². The highest BCUT2D eigenvalue weighted by Crippen LogP contribution is 2.19. The van der Waals surface area contributed by atoms with Gasteiger partial charge in [-0.15, -0.1) is 0 Å². The van der Waals surface area contributed by atoms with Crippen LogP contribution in [0.4, 0.5) is 5.69 Å².